The molecule has 86 valence electrons. The van der Waals surface area contributed by atoms with Gasteiger partial charge in [0.2, 0.25) is 9.84 Å². The molecule has 5 heteroatoms. The molecule has 0 fully saturated rings. The van der Waals surface area contributed by atoms with E-state index >= 15 is 0 Å². The van der Waals surface area contributed by atoms with Crippen LogP contribution >= 0.6 is 11.8 Å². The molecular formula is C11H13NO2S2. The summed E-state index contributed by atoms with van der Waals surface area (Å²) in [5.41, 5.74) is 7.90. The van der Waals surface area contributed by atoms with Crippen LogP contribution in [0.15, 0.2) is 28.5 Å². The Hall–Kier alpha value is -0.940. The quantitative estimate of drug-likeness (QED) is 0.841. The van der Waals surface area contributed by atoms with Crippen LogP contribution in [0.25, 0.3) is 5.57 Å². The third kappa shape index (κ3) is 1.97. The molecule has 1 aliphatic rings. The standard InChI is InChI=1S/C11H13NO2S2/c1-2-15-6-8-7-16(13,14)11-4-3-9(12)5-10(8)11/h3-5,7H,2,6,12H2,1H3. The SMILES string of the molecule is CCSCC1=CS(=O)(=O)c2ccc(N)cc21. The predicted molar refractivity (Wildman–Crippen MR) is 69.0 cm³/mol. The topological polar surface area (TPSA) is 60.2 Å². The second-order valence-electron chi connectivity index (χ2n) is 3.58. The maximum absolute atomic E-state index is 11.8. The normalized spacial score (nSPS) is 16.9. The van der Waals surface area contributed by atoms with Crippen LogP contribution in [0.2, 0.25) is 0 Å². The van der Waals surface area contributed by atoms with Crippen LogP contribution in [0, 0.1) is 0 Å². The van der Waals surface area contributed by atoms with Crippen molar-refractivity contribution in [3.8, 4) is 0 Å². The average Bonchev–Trinajstić information content (AvgIpc) is 2.47. The van der Waals surface area contributed by atoms with Gasteiger partial charge in [0, 0.05) is 22.4 Å². The molecule has 0 unspecified atom stereocenters. The highest BCUT2D eigenvalue weighted by molar-refractivity contribution is 8.00. The zero-order chi connectivity index (χ0) is 11.8. The first-order chi connectivity index (χ1) is 7.54. The highest BCUT2D eigenvalue weighted by atomic mass is 32.2. The van der Waals surface area contributed by atoms with Gasteiger partial charge in [0.05, 0.1) is 4.90 Å². The number of rotatable bonds is 3. The average molecular weight is 255 g/mol. The number of benzene rings is 1. The Morgan fingerprint density at radius 1 is 1.38 bits per heavy atom. The van der Waals surface area contributed by atoms with Gasteiger partial charge >= 0.3 is 0 Å². The smallest absolute Gasteiger partial charge is 0.200 e. The number of nitrogen functional groups attached to an aromatic ring is 1. The molecule has 1 aromatic carbocycles. The maximum Gasteiger partial charge on any atom is 0.200 e. The molecule has 0 saturated heterocycles. The summed E-state index contributed by atoms with van der Waals surface area (Å²) in [6, 6.07) is 4.95. The number of hydrogen-bond donors (Lipinski definition) is 1. The highest BCUT2D eigenvalue weighted by Gasteiger charge is 2.26. The summed E-state index contributed by atoms with van der Waals surface area (Å²) in [5, 5.41) is 1.36. The zero-order valence-electron chi connectivity index (χ0n) is 8.93. The maximum atomic E-state index is 11.8. The van der Waals surface area contributed by atoms with E-state index in [1.165, 1.54) is 5.41 Å². The van der Waals surface area contributed by atoms with Crippen LogP contribution in [0.1, 0.15) is 12.5 Å². The molecule has 0 radical (unpaired) electrons. The summed E-state index contributed by atoms with van der Waals surface area (Å²) in [4.78, 5) is 0.383. The lowest BCUT2D eigenvalue weighted by molar-refractivity contribution is 0.605. The Bertz CT molecular complexity index is 547. The molecule has 0 aliphatic carbocycles. The minimum absolute atomic E-state index is 0.383. The van der Waals surface area contributed by atoms with Crippen molar-refractivity contribution in [2.24, 2.45) is 0 Å². The van der Waals surface area contributed by atoms with Gasteiger partial charge in [0.25, 0.3) is 0 Å². The Labute approximate surface area is 99.6 Å². The molecule has 0 aromatic heterocycles. The monoisotopic (exact) mass is 255 g/mol. The van der Waals surface area contributed by atoms with Crippen LogP contribution in [0.3, 0.4) is 0 Å². The van der Waals surface area contributed by atoms with Gasteiger partial charge in [0.15, 0.2) is 0 Å². The molecule has 3 nitrogen and oxygen atoms in total. The van der Waals surface area contributed by atoms with E-state index in [9.17, 15) is 8.42 Å². The Balaban J connectivity index is 2.49. The van der Waals surface area contributed by atoms with Crippen LogP contribution in [-0.2, 0) is 9.84 Å². The Morgan fingerprint density at radius 3 is 2.81 bits per heavy atom. The lowest BCUT2D eigenvalue weighted by Gasteiger charge is -2.04. The molecule has 2 N–H and O–H groups in total. The molecule has 0 atom stereocenters. The van der Waals surface area contributed by atoms with E-state index in [0.717, 1.165) is 16.9 Å². The van der Waals surface area contributed by atoms with E-state index in [0.29, 0.717) is 16.3 Å². The molecule has 1 aliphatic heterocycles. The molecule has 1 aromatic rings. The molecule has 16 heavy (non-hydrogen) atoms. The summed E-state index contributed by atoms with van der Waals surface area (Å²) >= 11 is 1.70. The third-order valence-corrected chi connectivity index (χ3v) is 4.90. The number of sulfone groups is 1. The second-order valence-corrected chi connectivity index (χ2v) is 6.62. The van der Waals surface area contributed by atoms with Crippen LogP contribution in [-0.4, -0.2) is 19.9 Å². The first-order valence-corrected chi connectivity index (χ1v) is 7.68. The summed E-state index contributed by atoms with van der Waals surface area (Å²) in [5.74, 6) is 1.68. The van der Waals surface area contributed by atoms with E-state index in [1.54, 1.807) is 30.0 Å². The largest absolute Gasteiger partial charge is 0.399 e. The second kappa shape index (κ2) is 4.14. The van der Waals surface area contributed by atoms with E-state index in [1.807, 2.05) is 0 Å². The molecule has 0 bridgehead atoms. The highest BCUT2D eigenvalue weighted by Crippen LogP contribution is 2.36. The third-order valence-electron chi connectivity index (χ3n) is 2.42. The molecule has 0 amide bonds. The van der Waals surface area contributed by atoms with E-state index in [2.05, 4.69) is 6.92 Å². The number of anilines is 1. The predicted octanol–water partition coefficient (Wildman–Crippen LogP) is 2.15. The number of fused-ring (bicyclic) bond motifs is 1. The minimum atomic E-state index is -3.23. The van der Waals surface area contributed by atoms with Crippen LogP contribution in [0.4, 0.5) is 5.69 Å². The number of nitrogens with two attached hydrogens (primary N) is 1. The fourth-order valence-corrected chi connectivity index (χ4v) is 3.92. The molecule has 0 saturated carbocycles. The first-order valence-electron chi connectivity index (χ1n) is 4.98. The van der Waals surface area contributed by atoms with Crippen LogP contribution in [0.5, 0.6) is 0 Å². The van der Waals surface area contributed by atoms with Gasteiger partial charge in [-0.05, 0) is 29.5 Å². The van der Waals surface area contributed by atoms with Gasteiger partial charge in [0.1, 0.15) is 0 Å². The van der Waals surface area contributed by atoms with Gasteiger partial charge in [-0.25, -0.2) is 8.42 Å². The van der Waals surface area contributed by atoms with Crippen molar-refractivity contribution in [2.45, 2.75) is 11.8 Å². The van der Waals surface area contributed by atoms with Crippen molar-refractivity contribution in [2.75, 3.05) is 17.2 Å². The van der Waals surface area contributed by atoms with Crippen molar-refractivity contribution in [1.82, 2.24) is 0 Å². The van der Waals surface area contributed by atoms with E-state index in [-0.39, 0.29) is 0 Å². The van der Waals surface area contributed by atoms with Crippen molar-refractivity contribution in [3.63, 3.8) is 0 Å². The first kappa shape index (κ1) is 11.5. The minimum Gasteiger partial charge on any atom is -0.399 e. The van der Waals surface area contributed by atoms with E-state index < -0.39 is 9.84 Å². The summed E-state index contributed by atoms with van der Waals surface area (Å²) < 4.78 is 23.6. The molecular weight excluding hydrogens is 242 g/mol. The van der Waals surface area contributed by atoms with E-state index in [4.69, 9.17) is 5.73 Å². The molecule has 2 rings (SSSR count). The van der Waals surface area contributed by atoms with Crippen LogP contribution < -0.4 is 5.73 Å². The Morgan fingerprint density at radius 2 is 2.12 bits per heavy atom. The van der Waals surface area contributed by atoms with Gasteiger partial charge in [-0.3, -0.25) is 0 Å². The van der Waals surface area contributed by atoms with Gasteiger partial charge in [-0.1, -0.05) is 6.92 Å². The lowest BCUT2D eigenvalue weighted by Crippen LogP contribution is -1.95. The fourth-order valence-electron chi connectivity index (χ4n) is 1.68. The summed E-state index contributed by atoms with van der Waals surface area (Å²) in [6.07, 6.45) is 0. The van der Waals surface area contributed by atoms with Crippen molar-refractivity contribution >= 4 is 32.9 Å². The molecule has 1 heterocycles. The van der Waals surface area contributed by atoms with Crippen molar-refractivity contribution in [1.29, 1.82) is 0 Å². The Kier molecular flexibility index (Phi) is 2.99. The fraction of sp³-hybridized carbons (Fsp3) is 0.273. The lowest BCUT2D eigenvalue weighted by atomic mass is 10.1. The zero-order valence-corrected chi connectivity index (χ0v) is 10.6. The number of hydrogen-bond acceptors (Lipinski definition) is 4. The van der Waals surface area contributed by atoms with Gasteiger partial charge < -0.3 is 5.73 Å². The van der Waals surface area contributed by atoms with Crippen molar-refractivity contribution in [3.05, 3.63) is 29.2 Å². The molecule has 0 spiro atoms. The summed E-state index contributed by atoms with van der Waals surface area (Å²) in [6.45, 7) is 2.05. The van der Waals surface area contributed by atoms with Gasteiger partial charge in [-0.15, -0.1) is 0 Å². The number of thioether (sulfide) groups is 1. The summed E-state index contributed by atoms with van der Waals surface area (Å²) in [7, 11) is -3.23. The van der Waals surface area contributed by atoms with Gasteiger partial charge in [-0.2, -0.15) is 11.8 Å². The van der Waals surface area contributed by atoms with Crippen molar-refractivity contribution < 1.29 is 8.42 Å².